The van der Waals surface area contributed by atoms with Gasteiger partial charge in [0.25, 0.3) is 11.8 Å². The van der Waals surface area contributed by atoms with Crippen LogP contribution < -0.4 is 10.1 Å². The molecule has 3 aromatic rings. The molecular formula is C27H31N3O3. The lowest BCUT2D eigenvalue weighted by Gasteiger charge is -2.19. The summed E-state index contributed by atoms with van der Waals surface area (Å²) in [5.74, 6) is 0.736. The zero-order chi connectivity index (χ0) is 23.5. The number of likely N-dealkylation sites (tertiary alicyclic amines) is 1. The number of carbonyl (C=O) groups is 2. The fraction of sp³-hybridized carbons (Fsp3) is 0.370. The number of hydrogen-bond acceptors (Lipinski definition) is 4. The molecule has 6 nitrogen and oxygen atoms in total. The van der Waals surface area contributed by atoms with Crippen LogP contribution in [0.3, 0.4) is 0 Å². The van der Waals surface area contributed by atoms with E-state index < -0.39 is 0 Å². The summed E-state index contributed by atoms with van der Waals surface area (Å²) in [5.41, 5.74) is 4.33. The summed E-state index contributed by atoms with van der Waals surface area (Å²) >= 11 is 0. The largest absolute Gasteiger partial charge is 0.483 e. The number of nitrogens with zero attached hydrogens (tertiary/aromatic N) is 2. The van der Waals surface area contributed by atoms with Gasteiger partial charge in [-0.3, -0.25) is 14.6 Å². The Labute approximate surface area is 195 Å². The maximum absolute atomic E-state index is 12.9. The summed E-state index contributed by atoms with van der Waals surface area (Å²) in [5, 5.41) is 3.83. The first-order valence-corrected chi connectivity index (χ1v) is 11.5. The first-order chi connectivity index (χ1) is 15.8. The quantitative estimate of drug-likeness (QED) is 0.611. The average molecular weight is 446 g/mol. The monoisotopic (exact) mass is 445 g/mol. The van der Waals surface area contributed by atoms with E-state index in [0.717, 1.165) is 39.9 Å². The van der Waals surface area contributed by atoms with Crippen molar-refractivity contribution in [2.24, 2.45) is 0 Å². The first kappa shape index (κ1) is 22.8. The molecule has 2 amide bonds. The fourth-order valence-corrected chi connectivity index (χ4v) is 4.41. The molecule has 1 aliphatic heterocycles. The van der Waals surface area contributed by atoms with E-state index in [0.29, 0.717) is 18.7 Å². The second kappa shape index (κ2) is 9.61. The van der Waals surface area contributed by atoms with E-state index in [9.17, 15) is 9.59 Å². The Hall–Kier alpha value is -3.41. The Morgan fingerprint density at radius 3 is 2.58 bits per heavy atom. The van der Waals surface area contributed by atoms with Crippen molar-refractivity contribution in [1.82, 2.24) is 15.2 Å². The highest BCUT2D eigenvalue weighted by Gasteiger charge is 2.29. The zero-order valence-corrected chi connectivity index (χ0v) is 19.7. The molecule has 4 rings (SSSR count). The Balaban J connectivity index is 1.50. The van der Waals surface area contributed by atoms with Gasteiger partial charge in [-0.1, -0.05) is 36.4 Å². The molecule has 1 saturated heterocycles. The van der Waals surface area contributed by atoms with Crippen molar-refractivity contribution in [3.05, 3.63) is 70.9 Å². The van der Waals surface area contributed by atoms with Gasteiger partial charge in [-0.2, -0.15) is 0 Å². The summed E-state index contributed by atoms with van der Waals surface area (Å²) in [6, 6.07) is 15.6. The van der Waals surface area contributed by atoms with Gasteiger partial charge in [-0.05, 0) is 57.4 Å². The van der Waals surface area contributed by atoms with Gasteiger partial charge in [0.15, 0.2) is 6.61 Å². The van der Waals surface area contributed by atoms with Gasteiger partial charge in [-0.25, -0.2) is 0 Å². The van der Waals surface area contributed by atoms with Crippen molar-refractivity contribution in [3.63, 3.8) is 0 Å². The number of fused-ring (bicyclic) bond motifs is 1. The van der Waals surface area contributed by atoms with E-state index in [1.54, 1.807) is 0 Å². The van der Waals surface area contributed by atoms with E-state index in [4.69, 9.17) is 9.72 Å². The van der Waals surface area contributed by atoms with Crippen molar-refractivity contribution in [3.8, 4) is 5.75 Å². The lowest BCUT2D eigenvalue weighted by Crippen LogP contribution is -2.33. The SMILES string of the molecule is Cc1cccc(C)c1OCC(=O)N1CCC(c2cc(C(=O)NC(C)C)c3ccccc3n2)C1. The molecule has 2 aromatic carbocycles. The molecule has 0 spiro atoms. The summed E-state index contributed by atoms with van der Waals surface area (Å²) < 4.78 is 5.87. The third-order valence-electron chi connectivity index (χ3n) is 6.11. The van der Waals surface area contributed by atoms with Crippen molar-refractivity contribution in [1.29, 1.82) is 0 Å². The molecule has 2 heterocycles. The standard InChI is InChI=1S/C27H31N3O3/c1-17(2)28-27(32)22-14-24(29-23-11-6-5-10-21(22)23)20-12-13-30(15-20)25(31)16-33-26-18(3)8-7-9-19(26)4/h5-11,14,17,20H,12-13,15-16H2,1-4H3,(H,28,32). The van der Waals surface area contributed by atoms with E-state index in [-0.39, 0.29) is 30.4 Å². The fourth-order valence-electron chi connectivity index (χ4n) is 4.41. The maximum atomic E-state index is 12.9. The van der Waals surface area contributed by atoms with Gasteiger partial charge in [0.2, 0.25) is 0 Å². The number of para-hydroxylation sites is 2. The molecule has 1 aromatic heterocycles. The minimum absolute atomic E-state index is 0.0195. The predicted octanol–water partition coefficient (Wildman–Crippen LogP) is 4.38. The maximum Gasteiger partial charge on any atom is 0.260 e. The van der Waals surface area contributed by atoms with Crippen LogP contribution in [0.2, 0.25) is 0 Å². The van der Waals surface area contributed by atoms with Gasteiger partial charge in [0.05, 0.1) is 11.1 Å². The minimum Gasteiger partial charge on any atom is -0.483 e. The van der Waals surface area contributed by atoms with Crippen LogP contribution in [0, 0.1) is 13.8 Å². The molecule has 172 valence electrons. The molecule has 0 saturated carbocycles. The molecule has 33 heavy (non-hydrogen) atoms. The lowest BCUT2D eigenvalue weighted by molar-refractivity contribution is -0.132. The third kappa shape index (κ3) is 5.00. The van der Waals surface area contributed by atoms with Crippen LogP contribution in [-0.4, -0.2) is 47.4 Å². The van der Waals surface area contributed by atoms with E-state index in [2.05, 4.69) is 5.32 Å². The normalized spacial score (nSPS) is 15.8. The van der Waals surface area contributed by atoms with Gasteiger partial charge < -0.3 is 15.0 Å². The number of nitrogens with one attached hydrogen (secondary N) is 1. The van der Waals surface area contributed by atoms with E-state index >= 15 is 0 Å². The number of aryl methyl sites for hydroxylation is 2. The lowest BCUT2D eigenvalue weighted by atomic mass is 9.99. The third-order valence-corrected chi connectivity index (χ3v) is 6.11. The van der Waals surface area contributed by atoms with Crippen LogP contribution in [0.1, 0.15) is 53.4 Å². The molecule has 1 atom stereocenters. The molecule has 1 unspecified atom stereocenters. The molecule has 1 aliphatic rings. The second-order valence-corrected chi connectivity index (χ2v) is 9.07. The highest BCUT2D eigenvalue weighted by molar-refractivity contribution is 6.06. The van der Waals surface area contributed by atoms with Crippen molar-refractivity contribution >= 4 is 22.7 Å². The van der Waals surface area contributed by atoms with Crippen molar-refractivity contribution in [2.45, 2.75) is 46.1 Å². The van der Waals surface area contributed by atoms with Crippen molar-refractivity contribution in [2.75, 3.05) is 19.7 Å². The molecule has 6 heteroatoms. The number of aromatic nitrogens is 1. The van der Waals surface area contributed by atoms with Crippen LogP contribution >= 0.6 is 0 Å². The van der Waals surface area contributed by atoms with E-state index in [1.165, 1.54) is 0 Å². The van der Waals surface area contributed by atoms with Crippen LogP contribution in [0.15, 0.2) is 48.5 Å². The number of carbonyl (C=O) groups excluding carboxylic acids is 2. The highest BCUT2D eigenvalue weighted by Crippen LogP contribution is 2.30. The van der Waals surface area contributed by atoms with Gasteiger partial charge >= 0.3 is 0 Å². The summed E-state index contributed by atoms with van der Waals surface area (Å²) in [6.07, 6.45) is 0.811. The number of ether oxygens (including phenoxy) is 1. The van der Waals surface area contributed by atoms with Crippen LogP contribution in [0.4, 0.5) is 0 Å². The predicted molar refractivity (Wildman–Crippen MR) is 130 cm³/mol. The van der Waals surface area contributed by atoms with Crippen molar-refractivity contribution < 1.29 is 14.3 Å². The minimum atomic E-state index is -0.0993. The number of pyridine rings is 1. The molecule has 0 radical (unpaired) electrons. The molecule has 1 N–H and O–H groups in total. The first-order valence-electron chi connectivity index (χ1n) is 11.5. The average Bonchev–Trinajstić information content (AvgIpc) is 3.28. The summed E-state index contributed by atoms with van der Waals surface area (Å²) in [6.45, 7) is 9.11. The molecule has 1 fully saturated rings. The van der Waals surface area contributed by atoms with E-state index in [1.807, 2.05) is 81.1 Å². The van der Waals surface area contributed by atoms with Crippen LogP contribution in [0.25, 0.3) is 10.9 Å². The van der Waals surface area contributed by atoms with Crippen LogP contribution in [0.5, 0.6) is 5.75 Å². The number of amides is 2. The molecular weight excluding hydrogens is 414 g/mol. The smallest absolute Gasteiger partial charge is 0.260 e. The number of rotatable bonds is 6. The number of benzene rings is 2. The molecule has 0 bridgehead atoms. The Morgan fingerprint density at radius 1 is 1.12 bits per heavy atom. The zero-order valence-electron chi connectivity index (χ0n) is 19.7. The Morgan fingerprint density at radius 2 is 1.85 bits per heavy atom. The van der Waals surface area contributed by atoms with Gasteiger partial charge in [0, 0.05) is 36.1 Å². The Kier molecular flexibility index (Phi) is 6.63. The highest BCUT2D eigenvalue weighted by atomic mass is 16.5. The summed E-state index contributed by atoms with van der Waals surface area (Å²) in [4.78, 5) is 32.4. The van der Waals surface area contributed by atoms with Gasteiger partial charge in [0.1, 0.15) is 5.75 Å². The second-order valence-electron chi connectivity index (χ2n) is 9.07. The Bertz CT molecular complexity index is 1170. The molecule has 0 aliphatic carbocycles. The summed E-state index contributed by atoms with van der Waals surface area (Å²) in [7, 11) is 0. The topological polar surface area (TPSA) is 71.5 Å². The van der Waals surface area contributed by atoms with Gasteiger partial charge in [-0.15, -0.1) is 0 Å². The van der Waals surface area contributed by atoms with Crippen LogP contribution in [-0.2, 0) is 4.79 Å². The number of hydrogen-bond donors (Lipinski definition) is 1.